The predicted octanol–water partition coefficient (Wildman–Crippen LogP) is 3.31. The summed E-state index contributed by atoms with van der Waals surface area (Å²) in [6, 6.07) is 0. The Hall–Kier alpha value is -0.540. The monoisotopic (exact) mass is 269 g/mol. The third kappa shape index (κ3) is 2.89. The summed E-state index contributed by atoms with van der Waals surface area (Å²) in [7, 11) is 1.97. The molecule has 1 aromatic rings. The van der Waals surface area contributed by atoms with Gasteiger partial charge >= 0.3 is 0 Å². The largest absolute Gasteiger partial charge is 0.311 e. The predicted molar refractivity (Wildman–Crippen MR) is 75.9 cm³/mol. The lowest BCUT2D eigenvalue weighted by atomic mass is 10.0. The molecule has 1 aliphatic carbocycles. The molecule has 0 saturated heterocycles. The highest BCUT2D eigenvalue weighted by Gasteiger charge is 2.40. The molecule has 1 aliphatic rings. The number of hydrogen-bond acceptors (Lipinski definition) is 2. The molecule has 0 amide bonds. The van der Waals surface area contributed by atoms with Crippen LogP contribution in [0.3, 0.4) is 0 Å². The van der Waals surface area contributed by atoms with E-state index in [0.717, 1.165) is 35.9 Å². The minimum Gasteiger partial charge on any atom is -0.311 e. The first-order valence-corrected chi connectivity index (χ1v) is 7.40. The van der Waals surface area contributed by atoms with Gasteiger partial charge in [0.1, 0.15) is 0 Å². The van der Waals surface area contributed by atoms with E-state index in [1.807, 2.05) is 11.7 Å². The summed E-state index contributed by atoms with van der Waals surface area (Å²) in [5, 5.41) is 8.84. The maximum absolute atomic E-state index is 6.33. The summed E-state index contributed by atoms with van der Waals surface area (Å²) >= 11 is 6.33. The highest BCUT2D eigenvalue weighted by atomic mass is 35.5. The van der Waals surface area contributed by atoms with E-state index in [1.54, 1.807) is 0 Å². The maximum atomic E-state index is 6.33. The van der Waals surface area contributed by atoms with Crippen LogP contribution in [0.25, 0.3) is 0 Å². The zero-order chi connectivity index (χ0) is 13.2. The molecular weight excluding hydrogens is 246 g/mol. The Bertz CT molecular complexity index is 407. The molecule has 0 unspecified atom stereocenters. The fraction of sp³-hybridized carbons (Fsp3) is 0.786. The van der Waals surface area contributed by atoms with Crippen LogP contribution < -0.4 is 5.32 Å². The molecule has 1 aromatic heterocycles. The first-order valence-electron chi connectivity index (χ1n) is 7.03. The van der Waals surface area contributed by atoms with Gasteiger partial charge < -0.3 is 5.32 Å². The lowest BCUT2D eigenvalue weighted by Crippen LogP contribution is -2.24. The van der Waals surface area contributed by atoms with E-state index in [4.69, 9.17) is 11.6 Å². The van der Waals surface area contributed by atoms with Crippen molar-refractivity contribution < 1.29 is 0 Å². The van der Waals surface area contributed by atoms with Crippen LogP contribution in [-0.4, -0.2) is 16.3 Å². The van der Waals surface area contributed by atoms with Crippen molar-refractivity contribution in [3.05, 3.63) is 16.4 Å². The van der Waals surface area contributed by atoms with E-state index in [0.29, 0.717) is 5.41 Å². The molecule has 0 radical (unpaired) electrons. The molecule has 18 heavy (non-hydrogen) atoms. The van der Waals surface area contributed by atoms with Crippen LogP contribution in [0.4, 0.5) is 0 Å². The lowest BCUT2D eigenvalue weighted by molar-refractivity contribution is 0.417. The highest BCUT2D eigenvalue weighted by molar-refractivity contribution is 6.31. The standard InChI is InChI=1S/C14H24ClN3/c1-4-6-14(7-8-14)10-16-9-12-13(15)11(5-2)17-18(12)3/h16H,4-10H2,1-3H3. The average molecular weight is 270 g/mol. The Morgan fingerprint density at radius 2 is 2.11 bits per heavy atom. The molecule has 3 nitrogen and oxygen atoms in total. The second-order valence-corrected chi connectivity index (χ2v) is 5.92. The molecule has 0 aliphatic heterocycles. The van der Waals surface area contributed by atoms with Gasteiger partial charge in [0.05, 0.1) is 16.4 Å². The van der Waals surface area contributed by atoms with Crippen LogP contribution >= 0.6 is 11.6 Å². The smallest absolute Gasteiger partial charge is 0.0863 e. The van der Waals surface area contributed by atoms with E-state index in [2.05, 4.69) is 24.3 Å². The summed E-state index contributed by atoms with van der Waals surface area (Å²) in [5.74, 6) is 0. The van der Waals surface area contributed by atoms with Crippen molar-refractivity contribution in [1.29, 1.82) is 0 Å². The van der Waals surface area contributed by atoms with Gasteiger partial charge in [0.15, 0.2) is 0 Å². The fourth-order valence-electron chi connectivity index (χ4n) is 2.68. The van der Waals surface area contributed by atoms with E-state index in [9.17, 15) is 0 Å². The van der Waals surface area contributed by atoms with Crippen molar-refractivity contribution in [3.8, 4) is 0 Å². The van der Waals surface area contributed by atoms with Gasteiger partial charge in [-0.25, -0.2) is 0 Å². The molecule has 0 aromatic carbocycles. The van der Waals surface area contributed by atoms with Gasteiger partial charge in [0.25, 0.3) is 0 Å². The normalized spacial score (nSPS) is 17.1. The number of aromatic nitrogens is 2. The van der Waals surface area contributed by atoms with E-state index >= 15 is 0 Å². The Kier molecular flexibility index (Phi) is 4.33. The molecule has 0 atom stereocenters. The summed E-state index contributed by atoms with van der Waals surface area (Å²) in [6.45, 7) is 6.30. The van der Waals surface area contributed by atoms with E-state index < -0.39 is 0 Å². The Morgan fingerprint density at radius 1 is 1.39 bits per heavy atom. The van der Waals surface area contributed by atoms with Crippen LogP contribution in [0.2, 0.25) is 5.02 Å². The van der Waals surface area contributed by atoms with Crippen molar-refractivity contribution in [3.63, 3.8) is 0 Å². The molecule has 1 heterocycles. The van der Waals surface area contributed by atoms with Gasteiger partial charge in [0, 0.05) is 20.1 Å². The number of rotatable bonds is 7. The minimum atomic E-state index is 0.591. The zero-order valence-electron chi connectivity index (χ0n) is 11.7. The Labute approximate surface area is 115 Å². The molecule has 1 fully saturated rings. The maximum Gasteiger partial charge on any atom is 0.0863 e. The molecule has 1 N–H and O–H groups in total. The second kappa shape index (κ2) is 5.62. The quantitative estimate of drug-likeness (QED) is 0.823. The molecule has 4 heteroatoms. The van der Waals surface area contributed by atoms with Crippen molar-refractivity contribution in [1.82, 2.24) is 15.1 Å². The zero-order valence-corrected chi connectivity index (χ0v) is 12.5. The third-order valence-corrected chi connectivity index (χ3v) is 4.47. The minimum absolute atomic E-state index is 0.591. The first-order chi connectivity index (χ1) is 8.62. The molecular formula is C14H24ClN3. The van der Waals surface area contributed by atoms with E-state index in [-0.39, 0.29) is 0 Å². The number of nitrogens with zero attached hydrogens (tertiary/aromatic N) is 2. The van der Waals surface area contributed by atoms with Crippen LogP contribution in [0, 0.1) is 5.41 Å². The molecule has 2 rings (SSSR count). The molecule has 1 saturated carbocycles. The van der Waals surface area contributed by atoms with Gasteiger partial charge in [-0.05, 0) is 31.1 Å². The van der Waals surface area contributed by atoms with E-state index in [1.165, 1.54) is 25.7 Å². The van der Waals surface area contributed by atoms with Gasteiger partial charge in [-0.15, -0.1) is 0 Å². The number of nitrogens with one attached hydrogen (secondary N) is 1. The summed E-state index contributed by atoms with van der Waals surface area (Å²) in [4.78, 5) is 0. The summed E-state index contributed by atoms with van der Waals surface area (Å²) in [5.41, 5.74) is 2.71. The number of halogens is 1. The highest BCUT2D eigenvalue weighted by Crippen LogP contribution is 2.48. The Morgan fingerprint density at radius 3 is 2.61 bits per heavy atom. The van der Waals surface area contributed by atoms with Gasteiger partial charge in [-0.2, -0.15) is 5.10 Å². The van der Waals surface area contributed by atoms with Crippen molar-refractivity contribution in [2.45, 2.75) is 52.5 Å². The number of aryl methyl sites for hydroxylation is 2. The molecule has 0 bridgehead atoms. The molecule has 102 valence electrons. The van der Waals surface area contributed by atoms with Gasteiger partial charge in [0.2, 0.25) is 0 Å². The second-order valence-electron chi connectivity index (χ2n) is 5.54. The topological polar surface area (TPSA) is 29.9 Å². The molecule has 0 spiro atoms. The SMILES string of the molecule is CCCC1(CNCc2c(Cl)c(CC)nn2C)CC1. The van der Waals surface area contributed by atoms with Crippen molar-refractivity contribution in [2.75, 3.05) is 6.54 Å². The Balaban J connectivity index is 1.89. The van der Waals surface area contributed by atoms with Crippen LogP contribution in [0.1, 0.15) is 50.9 Å². The summed E-state index contributed by atoms with van der Waals surface area (Å²) < 4.78 is 1.91. The third-order valence-electron chi connectivity index (χ3n) is 4.03. The van der Waals surface area contributed by atoms with Crippen molar-refractivity contribution >= 4 is 11.6 Å². The first kappa shape index (κ1) is 13.9. The van der Waals surface area contributed by atoms with Gasteiger partial charge in [-0.3, -0.25) is 4.68 Å². The van der Waals surface area contributed by atoms with Crippen molar-refractivity contribution in [2.24, 2.45) is 12.5 Å². The summed E-state index contributed by atoms with van der Waals surface area (Å²) in [6.07, 6.45) is 6.29. The van der Waals surface area contributed by atoms with Crippen LogP contribution in [0.15, 0.2) is 0 Å². The van der Waals surface area contributed by atoms with Crippen LogP contribution in [-0.2, 0) is 20.0 Å². The lowest BCUT2D eigenvalue weighted by Gasteiger charge is -2.15. The average Bonchev–Trinajstić information content (AvgIpc) is 3.05. The fourth-order valence-corrected chi connectivity index (χ4v) is 3.04. The van der Waals surface area contributed by atoms with Crippen LogP contribution in [0.5, 0.6) is 0 Å². The number of hydrogen-bond donors (Lipinski definition) is 1. The van der Waals surface area contributed by atoms with Gasteiger partial charge in [-0.1, -0.05) is 31.9 Å².